The van der Waals surface area contributed by atoms with E-state index in [1.54, 1.807) is 24.0 Å². The molecule has 1 fully saturated rings. The number of methoxy groups -OCH3 is 1. The van der Waals surface area contributed by atoms with Gasteiger partial charge in [0.1, 0.15) is 0 Å². The number of urea groups is 1. The van der Waals surface area contributed by atoms with Crippen LogP contribution >= 0.6 is 0 Å². The first-order chi connectivity index (χ1) is 11.4. The highest BCUT2D eigenvalue weighted by atomic mass is 32.2. The summed E-state index contributed by atoms with van der Waals surface area (Å²) in [6, 6.07) is 5.69. The van der Waals surface area contributed by atoms with Crippen LogP contribution in [0, 0.1) is 0 Å². The van der Waals surface area contributed by atoms with Gasteiger partial charge in [-0.05, 0) is 50.5 Å². The fourth-order valence-electron chi connectivity index (χ4n) is 2.63. The summed E-state index contributed by atoms with van der Waals surface area (Å²) in [5.41, 5.74) is 0.578. The molecule has 2 rings (SSSR count). The van der Waals surface area contributed by atoms with Crippen LogP contribution in [-0.2, 0) is 14.8 Å². The van der Waals surface area contributed by atoms with Crippen LogP contribution in [0.1, 0.15) is 26.2 Å². The number of hydrogen-bond acceptors (Lipinski definition) is 4. The molecule has 1 aliphatic rings. The van der Waals surface area contributed by atoms with E-state index < -0.39 is 10.0 Å². The van der Waals surface area contributed by atoms with Crippen LogP contribution in [0.4, 0.5) is 10.5 Å². The predicted molar refractivity (Wildman–Crippen MR) is 92.5 cm³/mol. The first-order valence-electron chi connectivity index (χ1n) is 8.09. The van der Waals surface area contributed by atoms with Crippen LogP contribution < -0.4 is 10.0 Å². The lowest BCUT2D eigenvalue weighted by Gasteiger charge is -2.26. The number of nitrogens with zero attached hydrogens (tertiary/aromatic N) is 1. The second-order valence-corrected chi connectivity index (χ2v) is 7.69. The second kappa shape index (κ2) is 8.46. The molecule has 0 bridgehead atoms. The van der Waals surface area contributed by atoms with Crippen molar-refractivity contribution in [1.29, 1.82) is 0 Å². The lowest BCUT2D eigenvalue weighted by Crippen LogP contribution is -2.38. The molecule has 134 valence electrons. The second-order valence-electron chi connectivity index (χ2n) is 5.98. The van der Waals surface area contributed by atoms with Crippen molar-refractivity contribution in [3.8, 4) is 0 Å². The zero-order valence-electron chi connectivity index (χ0n) is 14.1. The van der Waals surface area contributed by atoms with Crippen molar-refractivity contribution in [2.75, 3.05) is 32.1 Å². The van der Waals surface area contributed by atoms with E-state index in [9.17, 15) is 13.2 Å². The van der Waals surface area contributed by atoms with Crippen molar-refractivity contribution in [2.45, 2.75) is 37.1 Å². The Kier molecular flexibility index (Phi) is 6.59. The van der Waals surface area contributed by atoms with Crippen molar-refractivity contribution < 1.29 is 17.9 Å². The molecule has 0 saturated carbocycles. The minimum Gasteiger partial charge on any atom is -0.383 e. The Morgan fingerprint density at radius 1 is 1.21 bits per heavy atom. The zero-order valence-corrected chi connectivity index (χ0v) is 14.9. The van der Waals surface area contributed by atoms with Gasteiger partial charge in [0.15, 0.2) is 0 Å². The van der Waals surface area contributed by atoms with E-state index >= 15 is 0 Å². The third-order valence-electron chi connectivity index (χ3n) is 3.83. The van der Waals surface area contributed by atoms with Crippen molar-refractivity contribution in [2.24, 2.45) is 0 Å². The maximum Gasteiger partial charge on any atom is 0.321 e. The van der Waals surface area contributed by atoms with E-state index in [4.69, 9.17) is 4.74 Å². The Balaban J connectivity index is 1.98. The average Bonchev–Trinajstić information content (AvgIpc) is 2.56. The number of carbonyl (C=O) groups is 1. The predicted octanol–water partition coefficient (Wildman–Crippen LogP) is 2.02. The van der Waals surface area contributed by atoms with E-state index in [-0.39, 0.29) is 17.0 Å². The van der Waals surface area contributed by atoms with Gasteiger partial charge in [-0.15, -0.1) is 0 Å². The molecule has 0 aliphatic carbocycles. The minimum atomic E-state index is -3.60. The number of amides is 2. The number of carbonyl (C=O) groups excluding carboxylic acids is 1. The van der Waals surface area contributed by atoms with Gasteiger partial charge < -0.3 is 15.0 Å². The summed E-state index contributed by atoms with van der Waals surface area (Å²) in [5, 5.41) is 2.80. The molecule has 8 heteroatoms. The summed E-state index contributed by atoms with van der Waals surface area (Å²) >= 11 is 0. The number of piperidine rings is 1. The van der Waals surface area contributed by atoms with E-state index in [0.717, 1.165) is 32.4 Å². The van der Waals surface area contributed by atoms with Gasteiger partial charge in [0.05, 0.1) is 11.5 Å². The molecule has 1 aromatic carbocycles. The van der Waals surface area contributed by atoms with Crippen molar-refractivity contribution in [3.05, 3.63) is 24.3 Å². The maximum absolute atomic E-state index is 12.2. The van der Waals surface area contributed by atoms with E-state index in [1.807, 2.05) is 0 Å². The highest BCUT2D eigenvalue weighted by Gasteiger charge is 2.19. The van der Waals surface area contributed by atoms with Crippen molar-refractivity contribution >= 4 is 21.7 Å². The Bertz CT molecular complexity index is 640. The van der Waals surface area contributed by atoms with E-state index in [2.05, 4.69) is 10.0 Å². The van der Waals surface area contributed by atoms with Gasteiger partial charge in [0.25, 0.3) is 0 Å². The minimum absolute atomic E-state index is 0.142. The standard InChI is InChI=1S/C16H25N3O4S/c1-13(12-23-2)18-24(21,22)15-8-6-14(7-9-15)17-16(20)19-10-4-3-5-11-19/h6-9,13,18H,3-5,10-12H2,1-2H3,(H,17,20)/t13-/m1/s1. The Hall–Kier alpha value is -1.64. The van der Waals surface area contributed by atoms with Crippen LogP contribution in [-0.4, -0.2) is 52.2 Å². The highest BCUT2D eigenvalue weighted by Crippen LogP contribution is 2.16. The summed E-state index contributed by atoms with van der Waals surface area (Å²) in [5.74, 6) is 0. The lowest BCUT2D eigenvalue weighted by atomic mass is 10.1. The molecule has 1 atom stereocenters. The van der Waals surface area contributed by atoms with Crippen LogP contribution in [0.25, 0.3) is 0 Å². The molecule has 2 N–H and O–H groups in total. The van der Waals surface area contributed by atoms with Crippen molar-refractivity contribution in [1.82, 2.24) is 9.62 Å². The van der Waals surface area contributed by atoms with Crippen LogP contribution in [0.5, 0.6) is 0 Å². The molecule has 1 aromatic rings. The summed E-state index contributed by atoms with van der Waals surface area (Å²) in [4.78, 5) is 14.1. The topological polar surface area (TPSA) is 87.7 Å². The molecule has 0 radical (unpaired) electrons. The highest BCUT2D eigenvalue weighted by molar-refractivity contribution is 7.89. The monoisotopic (exact) mass is 355 g/mol. The normalized spacial score (nSPS) is 16.7. The maximum atomic E-state index is 12.2. The van der Waals surface area contributed by atoms with Gasteiger partial charge in [-0.1, -0.05) is 0 Å². The number of hydrogen-bond donors (Lipinski definition) is 2. The summed E-state index contributed by atoms with van der Waals surface area (Å²) in [6.45, 7) is 3.55. The number of rotatable bonds is 6. The van der Waals surface area contributed by atoms with Crippen LogP contribution in [0.15, 0.2) is 29.2 Å². The fourth-order valence-corrected chi connectivity index (χ4v) is 3.86. The Morgan fingerprint density at radius 2 is 1.83 bits per heavy atom. The average molecular weight is 355 g/mol. The molecule has 7 nitrogen and oxygen atoms in total. The van der Waals surface area contributed by atoms with Gasteiger partial charge in [-0.3, -0.25) is 0 Å². The molecular weight excluding hydrogens is 330 g/mol. The summed E-state index contributed by atoms with van der Waals surface area (Å²) < 4.78 is 31.9. The molecule has 24 heavy (non-hydrogen) atoms. The van der Waals surface area contributed by atoms with E-state index in [0.29, 0.717) is 12.3 Å². The van der Waals surface area contributed by atoms with Gasteiger partial charge in [-0.25, -0.2) is 17.9 Å². The molecule has 1 aliphatic heterocycles. The summed E-state index contributed by atoms with van der Waals surface area (Å²) in [6.07, 6.45) is 3.21. The lowest BCUT2D eigenvalue weighted by molar-refractivity contribution is 0.180. The van der Waals surface area contributed by atoms with Gasteiger partial charge >= 0.3 is 6.03 Å². The van der Waals surface area contributed by atoms with Gasteiger partial charge in [-0.2, -0.15) is 0 Å². The number of sulfonamides is 1. The molecule has 0 unspecified atom stereocenters. The molecule has 1 saturated heterocycles. The fraction of sp³-hybridized carbons (Fsp3) is 0.562. The van der Waals surface area contributed by atoms with Gasteiger partial charge in [0, 0.05) is 31.9 Å². The molecule has 1 heterocycles. The first kappa shape index (κ1) is 18.7. The van der Waals surface area contributed by atoms with Crippen LogP contribution in [0.2, 0.25) is 0 Å². The SMILES string of the molecule is COC[C@@H](C)NS(=O)(=O)c1ccc(NC(=O)N2CCCCC2)cc1. The molecular formula is C16H25N3O4S. The Labute approximate surface area is 143 Å². The zero-order chi connectivity index (χ0) is 17.6. The largest absolute Gasteiger partial charge is 0.383 e. The number of ether oxygens (including phenoxy) is 1. The molecule has 0 spiro atoms. The summed E-state index contributed by atoms with van der Waals surface area (Å²) in [7, 11) is -2.08. The third kappa shape index (κ3) is 5.19. The third-order valence-corrected chi connectivity index (χ3v) is 5.44. The Morgan fingerprint density at radius 3 is 2.42 bits per heavy atom. The number of nitrogens with one attached hydrogen (secondary N) is 2. The number of likely N-dealkylation sites (tertiary alicyclic amines) is 1. The molecule has 2 amide bonds. The smallest absolute Gasteiger partial charge is 0.321 e. The first-order valence-corrected chi connectivity index (χ1v) is 9.58. The van der Waals surface area contributed by atoms with Crippen LogP contribution in [0.3, 0.4) is 0 Å². The quantitative estimate of drug-likeness (QED) is 0.817. The molecule has 0 aromatic heterocycles. The van der Waals surface area contributed by atoms with Crippen molar-refractivity contribution in [3.63, 3.8) is 0 Å². The van der Waals surface area contributed by atoms with E-state index in [1.165, 1.54) is 19.2 Å². The number of anilines is 1. The number of benzene rings is 1. The van der Waals surface area contributed by atoms with Gasteiger partial charge in [0.2, 0.25) is 10.0 Å².